The molecule has 1 unspecified atom stereocenters. The number of hydrogen-bond donors (Lipinski definition) is 1. The smallest absolute Gasteiger partial charge is 0.307 e. The Morgan fingerprint density at radius 2 is 1.74 bits per heavy atom. The third-order valence-corrected chi connectivity index (χ3v) is 6.90. The van der Waals surface area contributed by atoms with Crippen molar-refractivity contribution in [3.63, 3.8) is 0 Å². The topological polar surface area (TPSA) is 55.1 Å². The number of halogens is 3. The summed E-state index contributed by atoms with van der Waals surface area (Å²) in [5.41, 5.74) is 3.55. The molecule has 3 heterocycles. The van der Waals surface area contributed by atoms with Crippen molar-refractivity contribution in [1.29, 1.82) is 0 Å². The molecule has 6 nitrogen and oxygen atoms in total. The number of anilines is 1. The summed E-state index contributed by atoms with van der Waals surface area (Å²) < 4.78 is 46.3. The Labute approximate surface area is 222 Å². The lowest BCUT2D eigenvalue weighted by Gasteiger charge is -2.31. The van der Waals surface area contributed by atoms with E-state index < -0.39 is 29.5 Å². The van der Waals surface area contributed by atoms with E-state index in [9.17, 15) is 18.0 Å². The van der Waals surface area contributed by atoms with Gasteiger partial charge in [-0.05, 0) is 60.5 Å². The van der Waals surface area contributed by atoms with Crippen molar-refractivity contribution >= 4 is 11.7 Å². The van der Waals surface area contributed by atoms with E-state index in [0.717, 1.165) is 28.8 Å². The number of fused-ring (bicyclic) bond motifs is 3. The lowest BCUT2D eigenvalue weighted by molar-refractivity contribution is 0.194. The summed E-state index contributed by atoms with van der Waals surface area (Å²) in [7, 11) is 0. The predicted octanol–water partition coefficient (Wildman–Crippen LogP) is 6.78. The van der Waals surface area contributed by atoms with E-state index in [-0.39, 0.29) is 12.2 Å². The number of para-hydroxylation sites is 1. The Morgan fingerprint density at radius 3 is 2.49 bits per heavy atom. The van der Waals surface area contributed by atoms with E-state index in [4.69, 9.17) is 5.10 Å². The number of hydrogen-bond acceptors (Lipinski definition) is 2. The molecule has 196 valence electrons. The zero-order chi connectivity index (χ0) is 27.1. The van der Waals surface area contributed by atoms with E-state index in [2.05, 4.69) is 5.32 Å². The first-order chi connectivity index (χ1) is 18.9. The van der Waals surface area contributed by atoms with E-state index >= 15 is 0 Å². The van der Waals surface area contributed by atoms with Crippen LogP contribution < -0.4 is 5.32 Å². The van der Waals surface area contributed by atoms with Crippen molar-refractivity contribution in [2.24, 2.45) is 0 Å². The molecule has 0 spiro atoms. The molecule has 5 aromatic rings. The van der Waals surface area contributed by atoms with Gasteiger partial charge in [0, 0.05) is 17.8 Å². The van der Waals surface area contributed by atoms with Gasteiger partial charge in [-0.15, -0.1) is 0 Å². The number of aryl methyl sites for hydroxylation is 1. The first-order valence-corrected chi connectivity index (χ1v) is 12.6. The maximum absolute atomic E-state index is 14.5. The van der Waals surface area contributed by atoms with Crippen LogP contribution in [0.2, 0.25) is 0 Å². The van der Waals surface area contributed by atoms with Gasteiger partial charge in [0.15, 0.2) is 0 Å². The largest absolute Gasteiger partial charge is 0.323 e. The standard InChI is InChI=1S/C30H24F3N5O/c1-2-25-23-18-37(30(39)34-26-14-13-21(32)17-24(26)33)28(19-8-6-9-20(31)16-19)27-12-7-15-36(27)29(23)38(35-25)22-10-4-3-5-11-22/h3-17,28H,2,18H2,1H3,(H,34,39). The molecule has 1 N–H and O–H groups in total. The minimum atomic E-state index is -0.893. The second-order valence-corrected chi connectivity index (χ2v) is 9.29. The summed E-state index contributed by atoms with van der Waals surface area (Å²) in [5, 5.41) is 7.48. The molecule has 1 aliphatic rings. The summed E-state index contributed by atoms with van der Waals surface area (Å²) in [5.74, 6) is -1.32. The molecular weight excluding hydrogens is 503 g/mol. The maximum atomic E-state index is 14.5. The van der Waals surface area contributed by atoms with Gasteiger partial charge in [0.05, 0.1) is 35.3 Å². The second kappa shape index (κ2) is 9.83. The minimum absolute atomic E-state index is 0.114. The van der Waals surface area contributed by atoms with Crippen LogP contribution >= 0.6 is 0 Å². The Bertz CT molecular complexity index is 1680. The summed E-state index contributed by atoms with van der Waals surface area (Å²) in [4.78, 5) is 15.4. The second-order valence-electron chi connectivity index (χ2n) is 9.29. The van der Waals surface area contributed by atoms with Crippen molar-refractivity contribution < 1.29 is 18.0 Å². The van der Waals surface area contributed by atoms with Crippen LogP contribution in [0.4, 0.5) is 23.7 Å². The molecule has 0 saturated heterocycles. The first kappa shape index (κ1) is 24.5. The monoisotopic (exact) mass is 527 g/mol. The van der Waals surface area contributed by atoms with Crippen LogP contribution in [-0.2, 0) is 13.0 Å². The molecule has 0 bridgehead atoms. The molecule has 9 heteroatoms. The number of nitrogens with one attached hydrogen (secondary N) is 1. The zero-order valence-electron chi connectivity index (χ0n) is 21.0. The van der Waals surface area contributed by atoms with Gasteiger partial charge in [-0.2, -0.15) is 5.10 Å². The Kier molecular flexibility index (Phi) is 6.18. The molecule has 0 radical (unpaired) electrons. The summed E-state index contributed by atoms with van der Waals surface area (Å²) >= 11 is 0. The highest BCUT2D eigenvalue weighted by Gasteiger charge is 2.36. The zero-order valence-corrected chi connectivity index (χ0v) is 21.0. The Hall–Kier alpha value is -4.79. The van der Waals surface area contributed by atoms with Crippen LogP contribution in [0.5, 0.6) is 0 Å². The number of rotatable bonds is 4. The molecule has 2 aromatic heterocycles. The normalized spacial score (nSPS) is 14.5. The highest BCUT2D eigenvalue weighted by molar-refractivity contribution is 5.90. The van der Waals surface area contributed by atoms with Crippen molar-refractivity contribution in [1.82, 2.24) is 19.2 Å². The Balaban J connectivity index is 1.55. The summed E-state index contributed by atoms with van der Waals surface area (Å²) in [6.07, 6.45) is 2.49. The van der Waals surface area contributed by atoms with E-state index in [1.165, 1.54) is 23.1 Å². The predicted molar refractivity (Wildman–Crippen MR) is 141 cm³/mol. The number of amides is 2. The average molecular weight is 528 g/mol. The van der Waals surface area contributed by atoms with Crippen LogP contribution in [0.1, 0.15) is 35.5 Å². The lowest BCUT2D eigenvalue weighted by atomic mass is 10.0. The van der Waals surface area contributed by atoms with Crippen molar-refractivity contribution in [2.75, 3.05) is 5.32 Å². The summed E-state index contributed by atoms with van der Waals surface area (Å²) in [6, 6.07) is 21.1. The fourth-order valence-electron chi connectivity index (χ4n) is 5.15. The molecule has 1 aliphatic heterocycles. The lowest BCUT2D eigenvalue weighted by Crippen LogP contribution is -2.38. The van der Waals surface area contributed by atoms with Crippen LogP contribution in [0.3, 0.4) is 0 Å². The molecule has 39 heavy (non-hydrogen) atoms. The number of nitrogens with zero attached hydrogens (tertiary/aromatic N) is 4. The van der Waals surface area contributed by atoms with Gasteiger partial charge in [-0.3, -0.25) is 0 Å². The molecule has 2 amide bonds. The quantitative estimate of drug-likeness (QED) is 0.280. The molecule has 6 rings (SSSR count). The average Bonchev–Trinajstić information content (AvgIpc) is 3.51. The van der Waals surface area contributed by atoms with Gasteiger partial charge in [0.1, 0.15) is 23.3 Å². The third-order valence-electron chi connectivity index (χ3n) is 6.90. The van der Waals surface area contributed by atoms with Crippen LogP contribution in [0.25, 0.3) is 11.5 Å². The van der Waals surface area contributed by atoms with Crippen molar-refractivity contribution in [3.05, 3.63) is 131 Å². The summed E-state index contributed by atoms with van der Waals surface area (Å²) in [6.45, 7) is 2.10. The fourth-order valence-corrected chi connectivity index (χ4v) is 5.15. The van der Waals surface area contributed by atoms with Crippen LogP contribution in [0, 0.1) is 17.5 Å². The van der Waals surface area contributed by atoms with Gasteiger partial charge in [0.2, 0.25) is 0 Å². The molecule has 0 aliphatic carbocycles. The number of aromatic nitrogens is 3. The van der Waals surface area contributed by atoms with E-state index in [1.807, 2.05) is 64.8 Å². The van der Waals surface area contributed by atoms with Crippen molar-refractivity contribution in [2.45, 2.75) is 25.9 Å². The highest BCUT2D eigenvalue weighted by Crippen LogP contribution is 2.39. The van der Waals surface area contributed by atoms with Gasteiger partial charge in [-0.1, -0.05) is 37.3 Å². The van der Waals surface area contributed by atoms with Gasteiger partial charge in [-0.25, -0.2) is 22.6 Å². The molecule has 0 saturated carbocycles. The van der Waals surface area contributed by atoms with Gasteiger partial charge in [0.25, 0.3) is 0 Å². The first-order valence-electron chi connectivity index (χ1n) is 12.6. The van der Waals surface area contributed by atoms with Gasteiger partial charge >= 0.3 is 6.03 Å². The number of benzene rings is 3. The highest BCUT2D eigenvalue weighted by atomic mass is 19.1. The SMILES string of the molecule is CCc1nn(-c2ccccc2)c2c1CN(C(=O)Nc1ccc(F)cc1F)C(c1cccc(F)c1)c1cccn1-2. The Morgan fingerprint density at radius 1 is 0.949 bits per heavy atom. The maximum Gasteiger partial charge on any atom is 0.323 e. The molecular formula is C30H24F3N5O. The van der Waals surface area contributed by atoms with Crippen molar-refractivity contribution in [3.8, 4) is 11.5 Å². The van der Waals surface area contributed by atoms with Crippen LogP contribution in [0.15, 0.2) is 91.1 Å². The number of urea groups is 1. The minimum Gasteiger partial charge on any atom is -0.307 e. The molecule has 3 aromatic carbocycles. The number of carbonyl (C=O) groups is 1. The molecule has 0 fully saturated rings. The fraction of sp³-hybridized carbons (Fsp3) is 0.133. The van der Waals surface area contributed by atoms with E-state index in [1.54, 1.807) is 12.1 Å². The third kappa shape index (κ3) is 4.35. The number of carbonyl (C=O) groups excluding carboxylic acids is 1. The van der Waals surface area contributed by atoms with Gasteiger partial charge < -0.3 is 14.8 Å². The van der Waals surface area contributed by atoms with Crippen LogP contribution in [-0.4, -0.2) is 25.3 Å². The van der Waals surface area contributed by atoms with E-state index in [0.29, 0.717) is 23.7 Å². The molecule has 1 atom stereocenters.